The van der Waals surface area contributed by atoms with E-state index in [0.717, 1.165) is 33.5 Å². The van der Waals surface area contributed by atoms with Gasteiger partial charge in [0.25, 0.3) is 0 Å². The Morgan fingerprint density at radius 2 is 1.46 bits per heavy atom. The molecule has 0 radical (unpaired) electrons. The molecule has 0 fully saturated rings. The Morgan fingerprint density at radius 3 is 2.29 bits per heavy atom. The van der Waals surface area contributed by atoms with Gasteiger partial charge in [-0.3, -0.25) is 4.98 Å². The van der Waals surface area contributed by atoms with E-state index in [1.165, 1.54) is 36.0 Å². The third kappa shape index (κ3) is 5.50. The minimum absolute atomic E-state index is 0. The molecule has 0 saturated heterocycles. The van der Waals surface area contributed by atoms with Crippen molar-refractivity contribution in [2.75, 3.05) is 0 Å². The normalized spacial score (nSPS) is 11.1. The van der Waals surface area contributed by atoms with Gasteiger partial charge >= 0.3 is 22.4 Å². The van der Waals surface area contributed by atoms with E-state index in [1.54, 1.807) is 6.07 Å². The smallest absolute Gasteiger partial charge is 0.656 e. The summed E-state index contributed by atoms with van der Waals surface area (Å²) in [6, 6.07) is 42.1. The van der Waals surface area contributed by atoms with Gasteiger partial charge in [-0.05, 0) is 46.7 Å². The molecule has 0 aliphatic heterocycles. The van der Waals surface area contributed by atoms with Gasteiger partial charge in [-0.25, -0.2) is 14.3 Å². The Bertz CT molecular complexity index is 1950. The Balaban J connectivity index is 0.00000302. The van der Waals surface area contributed by atoms with E-state index in [2.05, 4.69) is 41.4 Å². The summed E-state index contributed by atoms with van der Waals surface area (Å²) in [5.74, 6) is -0.784. The van der Waals surface area contributed by atoms with Crippen LogP contribution in [0.5, 0.6) is 0 Å². The molecule has 200 valence electrons. The van der Waals surface area contributed by atoms with E-state index in [4.69, 9.17) is 4.98 Å². The third-order valence-corrected chi connectivity index (χ3v) is 7.68. The van der Waals surface area contributed by atoms with Gasteiger partial charge in [-0.1, -0.05) is 65.9 Å². The molecule has 0 N–H and O–H groups in total. The zero-order valence-corrected chi connectivity index (χ0v) is 24.3. The topological polar surface area (TPSA) is 27.0 Å². The van der Waals surface area contributed by atoms with Crippen LogP contribution >= 0.6 is 11.8 Å². The summed E-state index contributed by atoms with van der Waals surface area (Å²) in [5, 5.41) is 1.87. The van der Waals surface area contributed by atoms with Crippen molar-refractivity contribution in [1.82, 2.24) is 9.97 Å². The zero-order chi connectivity index (χ0) is 27.1. The molecule has 5 aromatic carbocycles. The predicted molar refractivity (Wildman–Crippen MR) is 157 cm³/mol. The average molecular weight is 735 g/mol. The molecule has 0 amide bonds. The number of nitrogens with zero attached hydrogens (tertiary/aromatic N) is 2. The number of pyridine rings is 1. The van der Waals surface area contributed by atoms with Crippen LogP contribution in [0.2, 0.25) is 0 Å². The maximum absolute atomic E-state index is 14.7. The van der Waals surface area contributed by atoms with Gasteiger partial charge in [0, 0.05) is 10.6 Å². The molecule has 2 aromatic heterocycles. The maximum atomic E-state index is 14.7. The van der Waals surface area contributed by atoms with Crippen LogP contribution in [-0.4, -0.2) is 4.98 Å². The van der Waals surface area contributed by atoms with Crippen LogP contribution in [0.25, 0.3) is 55.3 Å². The average Bonchev–Trinajstić information content (AvgIpc) is 3.36. The first kappa shape index (κ1) is 27.2. The number of rotatable bonds is 5. The molecule has 7 aromatic rings. The molecule has 7 rings (SSSR count). The van der Waals surface area contributed by atoms with Gasteiger partial charge in [0.2, 0.25) is 0 Å². The first-order valence-electron chi connectivity index (χ1n) is 12.7. The van der Waals surface area contributed by atoms with Crippen LogP contribution in [0, 0.1) is 23.8 Å². The van der Waals surface area contributed by atoms with Crippen LogP contribution < -0.4 is 4.98 Å². The van der Waals surface area contributed by atoms with Crippen molar-refractivity contribution >= 4 is 33.6 Å². The SMILES string of the molecule is Fc1ccc2[n-]c3c(Sc4cccc(-c5[c-]c(-c6[c-]cccc6)cc(-c6ccccc6)c5)n4)cc(F)cc3c2c1.[Au+3]. The zero-order valence-electron chi connectivity index (χ0n) is 21.3. The Labute approximate surface area is 256 Å². The number of aromatic nitrogens is 2. The summed E-state index contributed by atoms with van der Waals surface area (Å²) >= 11 is 1.33. The second-order valence-electron chi connectivity index (χ2n) is 9.38. The molecular weight excluding hydrogens is 715 g/mol. The summed E-state index contributed by atoms with van der Waals surface area (Å²) in [7, 11) is 0. The number of halogens is 2. The van der Waals surface area contributed by atoms with Crippen LogP contribution in [-0.2, 0) is 22.4 Å². The van der Waals surface area contributed by atoms with E-state index < -0.39 is 5.82 Å². The number of hydrogen-bond acceptors (Lipinski definition) is 2. The van der Waals surface area contributed by atoms with Crippen molar-refractivity contribution in [3.05, 3.63) is 139 Å². The Hall–Kier alpha value is -4.00. The van der Waals surface area contributed by atoms with E-state index in [9.17, 15) is 8.78 Å². The van der Waals surface area contributed by atoms with Crippen molar-refractivity contribution < 1.29 is 31.2 Å². The second-order valence-corrected chi connectivity index (χ2v) is 10.4. The maximum Gasteiger partial charge on any atom is 3.00 e. The molecule has 0 atom stereocenters. The van der Waals surface area contributed by atoms with Crippen molar-refractivity contribution in [2.24, 2.45) is 0 Å². The van der Waals surface area contributed by atoms with Gasteiger partial charge in [0.15, 0.2) is 0 Å². The molecule has 41 heavy (non-hydrogen) atoms. The quantitative estimate of drug-likeness (QED) is 0.130. The molecule has 2 heterocycles. The fourth-order valence-electron chi connectivity index (χ4n) is 4.86. The molecule has 0 bridgehead atoms. The first-order valence-corrected chi connectivity index (χ1v) is 13.5. The monoisotopic (exact) mass is 734 g/mol. The molecular formula is C35H19AuF2N2S. The molecule has 0 spiro atoms. The van der Waals surface area contributed by atoms with Gasteiger partial charge in [0.05, 0.1) is 5.03 Å². The van der Waals surface area contributed by atoms with Gasteiger partial charge in [0.1, 0.15) is 11.6 Å². The number of benzene rings is 5. The third-order valence-electron chi connectivity index (χ3n) is 6.71. The second kappa shape index (κ2) is 11.5. The van der Waals surface area contributed by atoms with Crippen LogP contribution in [0.3, 0.4) is 0 Å². The van der Waals surface area contributed by atoms with Crippen LogP contribution in [0.4, 0.5) is 8.78 Å². The minimum Gasteiger partial charge on any atom is -0.656 e. The standard InChI is InChI=1S/C35H19F2N2S.Au/c36-27-14-15-32-29(19-27)30-20-28(37)21-33(35(30)39-32)40-34-13-7-12-31(38-34)26-17-24(22-8-3-1-4-9-22)16-25(18-26)23-10-5-2-6-11-23;/h1-10,12-17,19-21H;/q-3;+3. The predicted octanol–water partition coefficient (Wildman–Crippen LogP) is 9.37. The summed E-state index contributed by atoms with van der Waals surface area (Å²) in [6.07, 6.45) is 0. The van der Waals surface area contributed by atoms with E-state index >= 15 is 0 Å². The van der Waals surface area contributed by atoms with Crippen LogP contribution in [0.1, 0.15) is 0 Å². The Morgan fingerprint density at radius 1 is 0.659 bits per heavy atom. The summed E-state index contributed by atoms with van der Waals surface area (Å²) in [6.45, 7) is 0. The fraction of sp³-hybridized carbons (Fsp3) is 0. The van der Waals surface area contributed by atoms with Crippen molar-refractivity contribution in [3.8, 4) is 33.5 Å². The molecule has 0 unspecified atom stereocenters. The van der Waals surface area contributed by atoms with E-state index in [0.29, 0.717) is 31.7 Å². The molecule has 6 heteroatoms. The molecule has 0 aliphatic carbocycles. The van der Waals surface area contributed by atoms with Crippen molar-refractivity contribution in [1.29, 1.82) is 0 Å². The molecule has 2 nitrogen and oxygen atoms in total. The van der Waals surface area contributed by atoms with Crippen molar-refractivity contribution in [3.63, 3.8) is 0 Å². The number of fused-ring (bicyclic) bond motifs is 3. The summed E-state index contributed by atoms with van der Waals surface area (Å²) in [4.78, 5) is 10.2. The van der Waals surface area contributed by atoms with Crippen molar-refractivity contribution in [2.45, 2.75) is 9.92 Å². The summed E-state index contributed by atoms with van der Waals surface area (Å²) in [5.41, 5.74) is 6.84. The summed E-state index contributed by atoms with van der Waals surface area (Å²) < 4.78 is 28.6. The molecule has 0 saturated carbocycles. The minimum atomic E-state index is -0.405. The van der Waals surface area contributed by atoms with Gasteiger partial charge in [-0.15, -0.1) is 28.7 Å². The van der Waals surface area contributed by atoms with E-state index in [1.807, 2.05) is 60.7 Å². The Kier molecular flexibility index (Phi) is 7.61. The van der Waals surface area contributed by atoms with Crippen LogP contribution in [0.15, 0.2) is 125 Å². The molecule has 0 aliphatic rings. The fourth-order valence-corrected chi connectivity index (χ4v) is 5.80. The largest absolute Gasteiger partial charge is 3.00 e. The number of hydrogen-bond donors (Lipinski definition) is 0. The van der Waals surface area contributed by atoms with Gasteiger partial charge in [-0.2, -0.15) is 42.0 Å². The first-order chi connectivity index (χ1) is 19.6. The van der Waals surface area contributed by atoms with Gasteiger partial charge < -0.3 is 4.98 Å². The van der Waals surface area contributed by atoms with E-state index in [-0.39, 0.29) is 28.2 Å².